The molecular formula is C32H27N3O6. The Labute approximate surface area is 235 Å². The molecule has 3 aromatic carbocycles. The molecule has 5 aromatic rings. The number of ether oxygens (including phenoxy) is 3. The molecule has 206 valence electrons. The van der Waals surface area contributed by atoms with E-state index in [1.54, 1.807) is 92.1 Å². The molecule has 0 fully saturated rings. The lowest BCUT2D eigenvalue weighted by Crippen LogP contribution is -2.27. The number of carbonyl (C=O) groups is 2. The van der Waals surface area contributed by atoms with Crippen LogP contribution in [0.5, 0.6) is 11.5 Å². The number of hydrogen-bond acceptors (Lipinski definition) is 7. The summed E-state index contributed by atoms with van der Waals surface area (Å²) in [6, 6.07) is 28.2. The predicted molar refractivity (Wildman–Crippen MR) is 155 cm³/mol. The highest BCUT2D eigenvalue weighted by Gasteiger charge is 2.20. The Balaban J connectivity index is 1.36. The average Bonchev–Trinajstić information content (AvgIpc) is 3.00. The minimum absolute atomic E-state index is 0.0545. The van der Waals surface area contributed by atoms with E-state index >= 15 is 0 Å². The van der Waals surface area contributed by atoms with Gasteiger partial charge in [0.25, 0.3) is 5.56 Å². The van der Waals surface area contributed by atoms with E-state index in [1.165, 1.54) is 4.57 Å². The van der Waals surface area contributed by atoms with E-state index in [-0.39, 0.29) is 18.3 Å². The van der Waals surface area contributed by atoms with Gasteiger partial charge in [-0.3, -0.25) is 14.7 Å². The lowest BCUT2D eigenvalue weighted by atomic mass is 10.00. The number of nitrogens with one attached hydrogen (secondary N) is 1. The highest BCUT2D eigenvalue weighted by Crippen LogP contribution is 2.34. The molecule has 0 saturated heterocycles. The van der Waals surface area contributed by atoms with E-state index < -0.39 is 11.7 Å². The summed E-state index contributed by atoms with van der Waals surface area (Å²) in [5.41, 5.74) is 1.70. The first kappa shape index (κ1) is 27.1. The van der Waals surface area contributed by atoms with Crippen LogP contribution in [-0.2, 0) is 11.8 Å². The van der Waals surface area contributed by atoms with E-state index in [1.807, 2.05) is 18.2 Å². The number of para-hydroxylation sites is 1. The van der Waals surface area contributed by atoms with Crippen LogP contribution in [-0.4, -0.2) is 34.8 Å². The molecule has 9 heteroatoms. The molecule has 0 aliphatic carbocycles. The number of anilines is 1. The molecule has 2 heterocycles. The van der Waals surface area contributed by atoms with Crippen LogP contribution in [0.1, 0.15) is 16.8 Å². The molecule has 0 aliphatic rings. The van der Waals surface area contributed by atoms with Gasteiger partial charge in [-0.15, -0.1) is 0 Å². The molecule has 0 radical (unpaired) electrons. The number of aromatic nitrogens is 2. The summed E-state index contributed by atoms with van der Waals surface area (Å²) in [5.74, 6) is 0.507. The van der Waals surface area contributed by atoms with Gasteiger partial charge in [0.15, 0.2) is 0 Å². The number of fused-ring (bicyclic) bond motifs is 1. The maximum atomic E-state index is 13.4. The number of nitrogens with zero attached hydrogens (tertiary/aromatic N) is 2. The van der Waals surface area contributed by atoms with E-state index in [0.717, 1.165) is 0 Å². The lowest BCUT2D eigenvalue weighted by molar-refractivity contribution is 0.0486. The molecule has 9 nitrogen and oxygen atoms in total. The normalized spacial score (nSPS) is 10.7. The molecule has 0 bridgehead atoms. The second kappa shape index (κ2) is 12.6. The minimum Gasteiger partial charge on any atom is -0.493 e. The Morgan fingerprint density at radius 1 is 0.854 bits per heavy atom. The van der Waals surface area contributed by atoms with E-state index in [4.69, 9.17) is 14.2 Å². The average molecular weight is 550 g/mol. The van der Waals surface area contributed by atoms with Gasteiger partial charge in [-0.1, -0.05) is 48.5 Å². The number of pyridine rings is 2. The van der Waals surface area contributed by atoms with Gasteiger partial charge >= 0.3 is 12.1 Å². The number of amides is 1. The summed E-state index contributed by atoms with van der Waals surface area (Å²) in [4.78, 5) is 42.8. The van der Waals surface area contributed by atoms with Gasteiger partial charge in [0.2, 0.25) is 0 Å². The summed E-state index contributed by atoms with van der Waals surface area (Å²) < 4.78 is 18.0. The number of rotatable bonds is 9. The number of aryl methyl sites for hydroxylation is 1. The fourth-order valence-electron chi connectivity index (χ4n) is 4.32. The third-order valence-electron chi connectivity index (χ3n) is 6.25. The second-order valence-corrected chi connectivity index (χ2v) is 9.05. The van der Waals surface area contributed by atoms with Crippen molar-refractivity contribution in [1.29, 1.82) is 0 Å². The molecule has 2 aromatic heterocycles. The van der Waals surface area contributed by atoms with Gasteiger partial charge < -0.3 is 14.2 Å². The first-order valence-corrected chi connectivity index (χ1v) is 13.0. The molecular weight excluding hydrogens is 522 g/mol. The zero-order chi connectivity index (χ0) is 28.6. The Kier molecular flexibility index (Phi) is 8.35. The van der Waals surface area contributed by atoms with Crippen LogP contribution in [0.2, 0.25) is 0 Å². The first-order valence-electron chi connectivity index (χ1n) is 13.0. The van der Waals surface area contributed by atoms with Crippen molar-refractivity contribution in [3.8, 4) is 22.6 Å². The van der Waals surface area contributed by atoms with Crippen molar-refractivity contribution in [1.82, 2.24) is 9.55 Å². The fraction of sp³-hybridized carbons (Fsp3) is 0.125. The van der Waals surface area contributed by atoms with Crippen molar-refractivity contribution in [2.24, 2.45) is 7.05 Å². The summed E-state index contributed by atoms with van der Waals surface area (Å²) in [7, 11) is 1.60. The van der Waals surface area contributed by atoms with Gasteiger partial charge in [-0.2, -0.15) is 0 Å². The fourth-order valence-corrected chi connectivity index (χ4v) is 4.32. The highest BCUT2D eigenvalue weighted by atomic mass is 16.6. The third-order valence-corrected chi connectivity index (χ3v) is 6.25. The molecule has 1 N–H and O–H groups in total. The monoisotopic (exact) mass is 549 g/mol. The van der Waals surface area contributed by atoms with Crippen molar-refractivity contribution in [3.05, 3.63) is 119 Å². The van der Waals surface area contributed by atoms with E-state index in [2.05, 4.69) is 10.3 Å². The van der Waals surface area contributed by atoms with Gasteiger partial charge in [-0.05, 0) is 54.1 Å². The number of hydrogen-bond donors (Lipinski definition) is 1. The van der Waals surface area contributed by atoms with Crippen LogP contribution < -0.4 is 20.3 Å². The maximum absolute atomic E-state index is 13.4. The predicted octanol–water partition coefficient (Wildman–Crippen LogP) is 5.84. The molecule has 0 saturated carbocycles. The van der Waals surface area contributed by atoms with Crippen molar-refractivity contribution in [2.45, 2.75) is 6.42 Å². The summed E-state index contributed by atoms with van der Waals surface area (Å²) in [6.07, 6.45) is 1.29. The van der Waals surface area contributed by atoms with Crippen LogP contribution >= 0.6 is 0 Å². The zero-order valence-electron chi connectivity index (χ0n) is 22.3. The quantitative estimate of drug-likeness (QED) is 0.182. The van der Waals surface area contributed by atoms with Crippen molar-refractivity contribution in [2.75, 3.05) is 18.5 Å². The van der Waals surface area contributed by atoms with E-state index in [0.29, 0.717) is 52.3 Å². The molecule has 41 heavy (non-hydrogen) atoms. The Bertz CT molecular complexity index is 1740. The zero-order valence-corrected chi connectivity index (χ0v) is 22.3. The second-order valence-electron chi connectivity index (χ2n) is 9.05. The van der Waals surface area contributed by atoms with Gasteiger partial charge in [0.1, 0.15) is 22.8 Å². The molecule has 1 amide bonds. The summed E-state index contributed by atoms with van der Waals surface area (Å²) in [6.45, 7) is 0.509. The van der Waals surface area contributed by atoms with Crippen molar-refractivity contribution >= 4 is 28.8 Å². The van der Waals surface area contributed by atoms with Gasteiger partial charge in [-0.25, -0.2) is 14.6 Å². The van der Waals surface area contributed by atoms with Crippen LogP contribution in [0.25, 0.3) is 22.2 Å². The standard InChI is InChI=1S/C32H27N3O6/c1-35-29-26(17-9-18-33-29)27(28(30(35)36)34-32(38)41-24-14-6-3-7-15-24)23-13-8-16-25(21-23)39-19-10-20-40-31(37)22-11-4-2-5-12-22/h2-9,11-18,21H,10,19-20H2,1H3,(H,34,38). The van der Waals surface area contributed by atoms with Gasteiger partial charge in [0, 0.05) is 30.6 Å². The van der Waals surface area contributed by atoms with Gasteiger partial charge in [0.05, 0.1) is 18.8 Å². The maximum Gasteiger partial charge on any atom is 0.417 e. The van der Waals surface area contributed by atoms with Crippen LogP contribution in [0.4, 0.5) is 10.5 Å². The summed E-state index contributed by atoms with van der Waals surface area (Å²) in [5, 5.41) is 3.31. The SMILES string of the molecule is Cn1c(=O)c(NC(=O)Oc2ccccc2)c(-c2cccc(OCCCOC(=O)c3ccccc3)c2)c2cccnc21. The number of esters is 1. The molecule has 0 atom stereocenters. The Morgan fingerprint density at radius 2 is 1.59 bits per heavy atom. The molecule has 0 spiro atoms. The molecule has 5 rings (SSSR count). The Morgan fingerprint density at radius 3 is 2.37 bits per heavy atom. The largest absolute Gasteiger partial charge is 0.493 e. The first-order chi connectivity index (χ1) is 20.0. The Hall–Kier alpha value is -5.44. The minimum atomic E-state index is -0.796. The molecule has 0 unspecified atom stereocenters. The van der Waals surface area contributed by atoms with Crippen molar-refractivity contribution < 1.29 is 23.8 Å². The lowest BCUT2D eigenvalue weighted by Gasteiger charge is -2.17. The van der Waals surface area contributed by atoms with Crippen molar-refractivity contribution in [3.63, 3.8) is 0 Å². The van der Waals surface area contributed by atoms with E-state index in [9.17, 15) is 14.4 Å². The number of benzene rings is 3. The summed E-state index contributed by atoms with van der Waals surface area (Å²) >= 11 is 0. The van der Waals surface area contributed by atoms with Crippen LogP contribution in [0, 0.1) is 0 Å². The van der Waals surface area contributed by atoms with Crippen LogP contribution in [0.15, 0.2) is 108 Å². The van der Waals surface area contributed by atoms with Crippen LogP contribution in [0.3, 0.4) is 0 Å². The topological polar surface area (TPSA) is 109 Å². The highest BCUT2D eigenvalue weighted by molar-refractivity contribution is 6.03. The third kappa shape index (κ3) is 6.42. The smallest absolute Gasteiger partial charge is 0.417 e. The molecule has 0 aliphatic heterocycles. The number of carbonyl (C=O) groups excluding carboxylic acids is 2.